The van der Waals surface area contributed by atoms with E-state index < -0.39 is 0 Å². The molecule has 0 saturated heterocycles. The van der Waals surface area contributed by atoms with Gasteiger partial charge in [-0.15, -0.1) is 0 Å². The Balaban J connectivity index is 3.28. The summed E-state index contributed by atoms with van der Waals surface area (Å²) in [5, 5.41) is 8.55. The van der Waals surface area contributed by atoms with Crippen LogP contribution in [0.1, 0.15) is 19.3 Å². The lowest BCUT2D eigenvalue weighted by Crippen LogP contribution is -2.24. The first-order chi connectivity index (χ1) is 6.35. The molecular formula is C9H21NO2S. The minimum atomic E-state index is 0.179. The normalized spacial score (nSPS) is 13.2. The van der Waals surface area contributed by atoms with Crippen LogP contribution in [-0.4, -0.2) is 43.0 Å². The average molecular weight is 207 g/mol. The maximum Gasteiger partial charge on any atom is 0.0697 e. The highest BCUT2D eigenvalue weighted by Crippen LogP contribution is 2.05. The number of ether oxygens (including phenoxy) is 1. The van der Waals surface area contributed by atoms with Gasteiger partial charge in [0.1, 0.15) is 0 Å². The molecule has 0 aliphatic carbocycles. The van der Waals surface area contributed by atoms with Crippen molar-refractivity contribution in [2.75, 3.05) is 31.8 Å². The molecule has 0 aromatic heterocycles. The first-order valence-electron chi connectivity index (χ1n) is 4.76. The van der Waals surface area contributed by atoms with Crippen molar-refractivity contribution in [3.05, 3.63) is 0 Å². The Morgan fingerprint density at radius 1 is 1.46 bits per heavy atom. The van der Waals surface area contributed by atoms with Crippen LogP contribution in [0, 0.1) is 0 Å². The Kier molecular flexibility index (Phi) is 10.5. The van der Waals surface area contributed by atoms with Gasteiger partial charge in [-0.1, -0.05) is 0 Å². The monoisotopic (exact) mass is 207 g/mol. The lowest BCUT2D eigenvalue weighted by molar-refractivity contribution is 0.0441. The quantitative estimate of drug-likeness (QED) is 0.551. The van der Waals surface area contributed by atoms with Crippen LogP contribution < -0.4 is 5.73 Å². The van der Waals surface area contributed by atoms with Gasteiger partial charge in [0, 0.05) is 19.8 Å². The molecule has 0 aromatic carbocycles. The van der Waals surface area contributed by atoms with Crippen LogP contribution in [0.3, 0.4) is 0 Å². The van der Waals surface area contributed by atoms with Gasteiger partial charge < -0.3 is 15.6 Å². The SMILES string of the molecule is CSCCCC(CN)OCCCO. The smallest absolute Gasteiger partial charge is 0.0697 e. The molecule has 0 aliphatic rings. The van der Waals surface area contributed by atoms with E-state index in [0.717, 1.165) is 12.8 Å². The molecule has 0 amide bonds. The molecule has 0 bridgehead atoms. The average Bonchev–Trinajstić information content (AvgIpc) is 2.16. The lowest BCUT2D eigenvalue weighted by atomic mass is 10.2. The Bertz CT molecular complexity index is 93.6. The third-order valence-electron chi connectivity index (χ3n) is 1.79. The number of thioether (sulfide) groups is 1. The standard InChI is InChI=1S/C9H21NO2S/c1-13-7-2-4-9(8-10)12-6-3-5-11/h9,11H,2-8,10H2,1H3. The van der Waals surface area contributed by atoms with Crippen LogP contribution in [0.4, 0.5) is 0 Å². The minimum absolute atomic E-state index is 0.179. The first-order valence-corrected chi connectivity index (χ1v) is 6.16. The molecule has 0 radical (unpaired) electrons. The summed E-state index contributed by atoms with van der Waals surface area (Å²) >= 11 is 1.85. The van der Waals surface area contributed by atoms with Crippen LogP contribution in [-0.2, 0) is 4.74 Å². The highest BCUT2D eigenvalue weighted by molar-refractivity contribution is 7.98. The molecule has 0 aliphatic heterocycles. The van der Waals surface area contributed by atoms with Crippen molar-refractivity contribution in [2.45, 2.75) is 25.4 Å². The van der Waals surface area contributed by atoms with Crippen molar-refractivity contribution in [1.29, 1.82) is 0 Å². The van der Waals surface area contributed by atoms with Crippen LogP contribution in [0.25, 0.3) is 0 Å². The van der Waals surface area contributed by atoms with Crippen molar-refractivity contribution < 1.29 is 9.84 Å². The molecule has 4 heteroatoms. The van der Waals surface area contributed by atoms with Crippen LogP contribution in [0.15, 0.2) is 0 Å². The summed E-state index contributed by atoms with van der Waals surface area (Å²) < 4.78 is 5.48. The Hall–Kier alpha value is 0.230. The van der Waals surface area contributed by atoms with E-state index in [1.54, 1.807) is 0 Å². The zero-order chi connectivity index (χ0) is 9.94. The summed E-state index contributed by atoms with van der Waals surface area (Å²) in [4.78, 5) is 0. The second kappa shape index (κ2) is 10.3. The van der Waals surface area contributed by atoms with Crippen molar-refractivity contribution in [3.8, 4) is 0 Å². The van der Waals surface area contributed by atoms with E-state index in [2.05, 4.69) is 6.26 Å². The van der Waals surface area contributed by atoms with Gasteiger partial charge in [-0.05, 0) is 31.3 Å². The molecule has 3 N–H and O–H groups in total. The summed E-state index contributed by atoms with van der Waals surface area (Å²) in [6, 6.07) is 0. The number of rotatable bonds is 9. The minimum Gasteiger partial charge on any atom is -0.396 e. The van der Waals surface area contributed by atoms with Gasteiger partial charge in [-0.25, -0.2) is 0 Å². The van der Waals surface area contributed by atoms with Gasteiger partial charge in [-0.2, -0.15) is 11.8 Å². The zero-order valence-electron chi connectivity index (χ0n) is 8.37. The van der Waals surface area contributed by atoms with Crippen molar-refractivity contribution in [3.63, 3.8) is 0 Å². The number of hydrogen-bond acceptors (Lipinski definition) is 4. The second-order valence-corrected chi connectivity index (χ2v) is 3.93. The van der Waals surface area contributed by atoms with Gasteiger partial charge in [0.15, 0.2) is 0 Å². The van der Waals surface area contributed by atoms with Crippen molar-refractivity contribution >= 4 is 11.8 Å². The van der Waals surface area contributed by atoms with E-state index in [-0.39, 0.29) is 12.7 Å². The molecule has 1 unspecified atom stereocenters. The van der Waals surface area contributed by atoms with E-state index in [1.165, 1.54) is 5.75 Å². The van der Waals surface area contributed by atoms with Gasteiger partial charge in [0.25, 0.3) is 0 Å². The third kappa shape index (κ3) is 8.56. The molecule has 13 heavy (non-hydrogen) atoms. The van der Waals surface area contributed by atoms with E-state index in [0.29, 0.717) is 19.6 Å². The Morgan fingerprint density at radius 3 is 2.77 bits per heavy atom. The van der Waals surface area contributed by atoms with E-state index >= 15 is 0 Å². The van der Waals surface area contributed by atoms with Gasteiger partial charge in [-0.3, -0.25) is 0 Å². The van der Waals surface area contributed by atoms with Crippen LogP contribution >= 0.6 is 11.8 Å². The molecular weight excluding hydrogens is 186 g/mol. The number of nitrogens with two attached hydrogens (primary N) is 1. The summed E-state index contributed by atoms with van der Waals surface area (Å²) in [6.07, 6.45) is 5.17. The molecule has 3 nitrogen and oxygen atoms in total. The maximum atomic E-state index is 8.55. The predicted molar refractivity (Wildman–Crippen MR) is 58.1 cm³/mol. The molecule has 0 rings (SSSR count). The van der Waals surface area contributed by atoms with E-state index in [1.807, 2.05) is 11.8 Å². The Morgan fingerprint density at radius 2 is 2.23 bits per heavy atom. The highest BCUT2D eigenvalue weighted by atomic mass is 32.2. The Labute approximate surface area is 85.0 Å². The molecule has 0 fully saturated rings. The van der Waals surface area contributed by atoms with Crippen molar-refractivity contribution in [2.24, 2.45) is 5.73 Å². The summed E-state index contributed by atoms with van der Waals surface area (Å²) in [7, 11) is 0. The lowest BCUT2D eigenvalue weighted by Gasteiger charge is -2.15. The fourth-order valence-corrected chi connectivity index (χ4v) is 1.49. The molecule has 0 spiro atoms. The number of hydrogen-bond donors (Lipinski definition) is 2. The number of aliphatic hydroxyl groups is 1. The maximum absolute atomic E-state index is 8.55. The molecule has 0 aromatic rings. The van der Waals surface area contributed by atoms with Gasteiger partial charge >= 0.3 is 0 Å². The first kappa shape index (κ1) is 13.2. The number of aliphatic hydroxyl groups excluding tert-OH is 1. The topological polar surface area (TPSA) is 55.5 Å². The highest BCUT2D eigenvalue weighted by Gasteiger charge is 2.05. The van der Waals surface area contributed by atoms with Crippen molar-refractivity contribution in [1.82, 2.24) is 0 Å². The summed E-state index contributed by atoms with van der Waals surface area (Å²) in [6.45, 7) is 1.40. The van der Waals surface area contributed by atoms with E-state index in [9.17, 15) is 0 Å². The molecule has 0 heterocycles. The zero-order valence-corrected chi connectivity index (χ0v) is 9.18. The van der Waals surface area contributed by atoms with Crippen LogP contribution in [0.2, 0.25) is 0 Å². The molecule has 0 saturated carbocycles. The van der Waals surface area contributed by atoms with Gasteiger partial charge in [0.05, 0.1) is 6.10 Å². The summed E-state index contributed by atoms with van der Waals surface area (Å²) in [5.41, 5.74) is 5.54. The summed E-state index contributed by atoms with van der Waals surface area (Å²) in [5.74, 6) is 1.17. The second-order valence-electron chi connectivity index (χ2n) is 2.94. The van der Waals surface area contributed by atoms with E-state index in [4.69, 9.17) is 15.6 Å². The fourth-order valence-electron chi connectivity index (χ4n) is 1.04. The fraction of sp³-hybridized carbons (Fsp3) is 1.00. The third-order valence-corrected chi connectivity index (χ3v) is 2.49. The van der Waals surface area contributed by atoms with Gasteiger partial charge in [0.2, 0.25) is 0 Å². The molecule has 1 atom stereocenters. The predicted octanol–water partition coefficient (Wildman–Crippen LogP) is 0.856. The van der Waals surface area contributed by atoms with Crippen LogP contribution in [0.5, 0.6) is 0 Å². The largest absolute Gasteiger partial charge is 0.396 e. The molecule has 80 valence electrons.